The van der Waals surface area contributed by atoms with Crippen molar-refractivity contribution >= 4 is 12.1 Å². The summed E-state index contributed by atoms with van der Waals surface area (Å²) >= 11 is 0. The zero-order valence-corrected chi connectivity index (χ0v) is 8.23. The van der Waals surface area contributed by atoms with Crippen molar-refractivity contribution in [3.63, 3.8) is 0 Å². The van der Waals surface area contributed by atoms with E-state index >= 15 is 0 Å². The minimum Gasteiger partial charge on any atom is -0.480 e. The molecular weight excluding hydrogens is 186 g/mol. The number of hydrogen-bond acceptors (Lipinski definition) is 3. The van der Waals surface area contributed by atoms with Gasteiger partial charge in [-0.1, -0.05) is 6.92 Å². The first-order valence-electron chi connectivity index (χ1n) is 4.83. The molecule has 0 spiro atoms. The number of ether oxygens (including phenoxy) is 1. The molecule has 0 aromatic carbocycles. The van der Waals surface area contributed by atoms with Gasteiger partial charge in [-0.15, -0.1) is 0 Å². The molecule has 1 heterocycles. The van der Waals surface area contributed by atoms with Crippen molar-refractivity contribution in [2.45, 2.75) is 32.2 Å². The predicted molar refractivity (Wildman–Crippen MR) is 49.0 cm³/mol. The smallest absolute Gasteiger partial charge is 0.410 e. The van der Waals surface area contributed by atoms with Gasteiger partial charge in [0.25, 0.3) is 0 Å². The Morgan fingerprint density at radius 3 is 2.86 bits per heavy atom. The Bertz CT molecular complexity index is 229. The normalized spacial score (nSPS) is 20.9. The second-order valence-electron chi connectivity index (χ2n) is 3.30. The zero-order chi connectivity index (χ0) is 10.6. The number of carbonyl (C=O) groups excluding carboxylic acids is 1. The number of rotatable bonds is 3. The van der Waals surface area contributed by atoms with Crippen molar-refractivity contribution in [3.8, 4) is 0 Å². The van der Waals surface area contributed by atoms with Gasteiger partial charge in [-0.2, -0.15) is 0 Å². The lowest BCUT2D eigenvalue weighted by Crippen LogP contribution is -2.40. The fourth-order valence-electron chi connectivity index (χ4n) is 1.51. The van der Waals surface area contributed by atoms with Gasteiger partial charge in [-0.3, -0.25) is 4.90 Å². The number of carboxylic acids is 1. The van der Waals surface area contributed by atoms with E-state index in [2.05, 4.69) is 0 Å². The first-order valence-corrected chi connectivity index (χ1v) is 4.83. The molecule has 5 heteroatoms. The van der Waals surface area contributed by atoms with Crippen molar-refractivity contribution < 1.29 is 19.4 Å². The van der Waals surface area contributed by atoms with Crippen LogP contribution in [0.15, 0.2) is 0 Å². The summed E-state index contributed by atoms with van der Waals surface area (Å²) in [5.41, 5.74) is 0. The van der Waals surface area contributed by atoms with Gasteiger partial charge >= 0.3 is 12.1 Å². The van der Waals surface area contributed by atoms with Crippen LogP contribution in [0, 0.1) is 0 Å². The van der Waals surface area contributed by atoms with Crippen LogP contribution >= 0.6 is 0 Å². The molecule has 0 bridgehead atoms. The molecule has 0 saturated carbocycles. The van der Waals surface area contributed by atoms with Crippen LogP contribution in [0.25, 0.3) is 0 Å². The number of nitrogens with zero attached hydrogens (tertiary/aromatic N) is 1. The summed E-state index contributed by atoms with van der Waals surface area (Å²) < 4.78 is 4.88. The van der Waals surface area contributed by atoms with Gasteiger partial charge in [-0.25, -0.2) is 9.59 Å². The lowest BCUT2D eigenvalue weighted by atomic mass is 10.2. The van der Waals surface area contributed by atoms with Gasteiger partial charge in [0.1, 0.15) is 6.04 Å². The maximum Gasteiger partial charge on any atom is 0.410 e. The molecule has 1 amide bonds. The van der Waals surface area contributed by atoms with Gasteiger partial charge in [0.15, 0.2) is 0 Å². The lowest BCUT2D eigenvalue weighted by molar-refractivity contribution is -0.141. The Balaban J connectivity index is 2.49. The molecule has 0 unspecified atom stereocenters. The van der Waals surface area contributed by atoms with E-state index in [-0.39, 0.29) is 0 Å². The number of carboxylic acid groups (broad SMARTS) is 1. The molecule has 1 rings (SSSR count). The molecule has 1 atom stereocenters. The monoisotopic (exact) mass is 201 g/mol. The van der Waals surface area contributed by atoms with E-state index in [1.54, 1.807) is 0 Å². The van der Waals surface area contributed by atoms with Crippen LogP contribution in [0.1, 0.15) is 26.2 Å². The van der Waals surface area contributed by atoms with Gasteiger partial charge in [-0.05, 0) is 19.3 Å². The van der Waals surface area contributed by atoms with E-state index in [1.165, 1.54) is 4.90 Å². The fourth-order valence-corrected chi connectivity index (χ4v) is 1.51. The Hall–Kier alpha value is -1.26. The van der Waals surface area contributed by atoms with Gasteiger partial charge in [0.2, 0.25) is 0 Å². The molecule has 1 aliphatic rings. The number of carbonyl (C=O) groups is 2. The van der Waals surface area contributed by atoms with Crippen LogP contribution in [0.2, 0.25) is 0 Å². The number of hydrogen-bond donors (Lipinski definition) is 1. The number of likely N-dealkylation sites (tertiary alicyclic amines) is 1. The standard InChI is InChI=1S/C9H15NO4/c1-2-6-14-9(13)10-5-3-4-7(10)8(11)12/h7H,2-6H2,1H3,(H,11,12)/t7-/m0/s1. The fraction of sp³-hybridized carbons (Fsp3) is 0.778. The van der Waals surface area contributed by atoms with E-state index in [1.807, 2.05) is 6.92 Å². The Morgan fingerprint density at radius 1 is 1.57 bits per heavy atom. The van der Waals surface area contributed by atoms with Crippen LogP contribution in [0.4, 0.5) is 4.79 Å². The third-order valence-corrected chi connectivity index (χ3v) is 2.20. The van der Waals surface area contributed by atoms with Crippen LogP contribution in [0.3, 0.4) is 0 Å². The minimum absolute atomic E-state index is 0.349. The topological polar surface area (TPSA) is 66.8 Å². The van der Waals surface area contributed by atoms with Gasteiger partial charge < -0.3 is 9.84 Å². The third-order valence-electron chi connectivity index (χ3n) is 2.20. The number of amides is 1. The highest BCUT2D eigenvalue weighted by molar-refractivity contribution is 5.80. The van der Waals surface area contributed by atoms with Crippen LogP contribution in [0.5, 0.6) is 0 Å². The molecule has 1 aliphatic heterocycles. The van der Waals surface area contributed by atoms with Gasteiger partial charge in [0.05, 0.1) is 6.61 Å². The van der Waals surface area contributed by atoms with Crippen LogP contribution in [-0.2, 0) is 9.53 Å². The van der Waals surface area contributed by atoms with Crippen molar-refractivity contribution in [1.82, 2.24) is 4.90 Å². The molecular formula is C9H15NO4. The molecule has 1 N–H and O–H groups in total. The summed E-state index contributed by atoms with van der Waals surface area (Å²) in [5, 5.41) is 8.81. The van der Waals surface area contributed by atoms with Crippen molar-refractivity contribution in [2.24, 2.45) is 0 Å². The summed E-state index contributed by atoms with van der Waals surface area (Å²) in [6.07, 6.45) is 1.50. The van der Waals surface area contributed by atoms with E-state index in [0.29, 0.717) is 19.6 Å². The number of aliphatic carboxylic acids is 1. The molecule has 1 saturated heterocycles. The van der Waals surface area contributed by atoms with Crippen molar-refractivity contribution in [3.05, 3.63) is 0 Å². The maximum atomic E-state index is 11.4. The maximum absolute atomic E-state index is 11.4. The Morgan fingerprint density at radius 2 is 2.29 bits per heavy atom. The summed E-state index contributed by atoms with van der Waals surface area (Å²) in [7, 11) is 0. The largest absolute Gasteiger partial charge is 0.480 e. The van der Waals surface area contributed by atoms with E-state index in [9.17, 15) is 9.59 Å². The molecule has 0 aromatic rings. The van der Waals surface area contributed by atoms with E-state index < -0.39 is 18.1 Å². The first-order chi connectivity index (χ1) is 6.66. The highest BCUT2D eigenvalue weighted by Crippen LogP contribution is 2.18. The molecule has 0 aliphatic carbocycles. The lowest BCUT2D eigenvalue weighted by Gasteiger charge is -2.20. The summed E-state index contributed by atoms with van der Waals surface area (Å²) in [6, 6.07) is -0.695. The average Bonchev–Trinajstić information content (AvgIpc) is 2.62. The average molecular weight is 201 g/mol. The molecule has 0 aromatic heterocycles. The predicted octanol–water partition coefficient (Wildman–Crippen LogP) is 1.08. The third kappa shape index (κ3) is 2.37. The van der Waals surface area contributed by atoms with Crippen LogP contribution < -0.4 is 0 Å². The highest BCUT2D eigenvalue weighted by Gasteiger charge is 2.34. The quantitative estimate of drug-likeness (QED) is 0.742. The van der Waals surface area contributed by atoms with E-state index in [4.69, 9.17) is 9.84 Å². The second-order valence-corrected chi connectivity index (χ2v) is 3.30. The molecule has 80 valence electrons. The van der Waals surface area contributed by atoms with Crippen molar-refractivity contribution in [2.75, 3.05) is 13.2 Å². The molecule has 14 heavy (non-hydrogen) atoms. The molecule has 0 radical (unpaired) electrons. The second kappa shape index (κ2) is 4.83. The Labute approximate surface area is 82.6 Å². The Kier molecular flexibility index (Phi) is 3.73. The van der Waals surface area contributed by atoms with Crippen molar-refractivity contribution in [1.29, 1.82) is 0 Å². The molecule has 5 nitrogen and oxygen atoms in total. The minimum atomic E-state index is -0.948. The van der Waals surface area contributed by atoms with E-state index in [0.717, 1.165) is 12.8 Å². The highest BCUT2D eigenvalue weighted by atomic mass is 16.6. The SMILES string of the molecule is CCCOC(=O)N1CCC[C@H]1C(=O)O. The first kappa shape index (κ1) is 10.8. The van der Waals surface area contributed by atoms with Crippen LogP contribution in [-0.4, -0.2) is 41.3 Å². The summed E-state index contributed by atoms with van der Waals surface area (Å²) in [6.45, 7) is 2.73. The molecule has 1 fully saturated rings. The summed E-state index contributed by atoms with van der Waals surface area (Å²) in [5.74, 6) is -0.948. The summed E-state index contributed by atoms with van der Waals surface area (Å²) in [4.78, 5) is 23.4. The van der Waals surface area contributed by atoms with Gasteiger partial charge in [0, 0.05) is 6.54 Å². The zero-order valence-electron chi connectivity index (χ0n) is 8.23.